The highest BCUT2D eigenvalue weighted by atomic mass is 19.4. The minimum atomic E-state index is -4.59. The third-order valence-electron chi connectivity index (χ3n) is 2.84. The first-order chi connectivity index (χ1) is 9.27. The maximum absolute atomic E-state index is 12.6. The second kappa shape index (κ2) is 5.35. The molecule has 0 radical (unpaired) electrons. The van der Waals surface area contributed by atoms with Crippen molar-refractivity contribution in [3.05, 3.63) is 23.8 Å². The van der Waals surface area contributed by atoms with Gasteiger partial charge in [-0.05, 0) is 19.9 Å². The summed E-state index contributed by atoms with van der Waals surface area (Å²) in [5.41, 5.74) is -1.12. The quantitative estimate of drug-likeness (QED) is 0.790. The molecule has 110 valence electrons. The lowest BCUT2D eigenvalue weighted by Crippen LogP contribution is -2.48. The fraction of sp³-hybridized carbons (Fsp3) is 0.583. The molecule has 1 fully saturated rings. The summed E-state index contributed by atoms with van der Waals surface area (Å²) in [7, 11) is 0. The summed E-state index contributed by atoms with van der Waals surface area (Å²) in [5.74, 6) is -1.06. The Hall–Kier alpha value is -1.70. The van der Waals surface area contributed by atoms with Crippen molar-refractivity contribution in [2.75, 3.05) is 13.1 Å². The average Bonchev–Trinajstić information content (AvgIpc) is 2.36. The number of nitrogens with zero attached hydrogens (tertiary/aromatic N) is 3. The number of alkyl halides is 3. The molecule has 1 aliphatic rings. The van der Waals surface area contributed by atoms with E-state index in [1.807, 2.05) is 0 Å². The number of hydrogen-bond donors (Lipinski definition) is 0. The van der Waals surface area contributed by atoms with Gasteiger partial charge in [-0.3, -0.25) is 4.79 Å². The number of rotatable bonds is 1. The minimum Gasteiger partial charge on any atom is -0.372 e. The maximum Gasteiger partial charge on any atom is 0.433 e. The van der Waals surface area contributed by atoms with Gasteiger partial charge in [0.05, 0.1) is 12.2 Å². The van der Waals surface area contributed by atoms with E-state index in [0.29, 0.717) is 13.1 Å². The van der Waals surface area contributed by atoms with Crippen LogP contribution in [0.2, 0.25) is 0 Å². The van der Waals surface area contributed by atoms with Gasteiger partial charge in [0.25, 0.3) is 5.91 Å². The van der Waals surface area contributed by atoms with Crippen molar-refractivity contribution < 1.29 is 22.7 Å². The first-order valence-electron chi connectivity index (χ1n) is 6.12. The standard InChI is InChI=1S/C12H14F3N3O2/c1-7-5-18(6-8(2)20-7)11(19)10-16-4-3-9(17-10)12(13,14)15/h3-4,7-8H,5-6H2,1-2H3. The van der Waals surface area contributed by atoms with Gasteiger partial charge >= 0.3 is 6.18 Å². The van der Waals surface area contributed by atoms with Crippen LogP contribution in [-0.4, -0.2) is 46.1 Å². The zero-order valence-electron chi connectivity index (χ0n) is 11.0. The third-order valence-corrected chi connectivity index (χ3v) is 2.84. The Morgan fingerprint density at radius 2 is 1.95 bits per heavy atom. The molecule has 0 aliphatic carbocycles. The van der Waals surface area contributed by atoms with Gasteiger partial charge in [-0.15, -0.1) is 0 Å². The summed E-state index contributed by atoms with van der Waals surface area (Å²) >= 11 is 0. The van der Waals surface area contributed by atoms with Crippen molar-refractivity contribution in [3.63, 3.8) is 0 Å². The summed E-state index contributed by atoms with van der Waals surface area (Å²) in [6, 6.07) is 0.737. The number of hydrogen-bond acceptors (Lipinski definition) is 4. The highest BCUT2D eigenvalue weighted by Gasteiger charge is 2.34. The Balaban J connectivity index is 2.21. The molecule has 5 nitrogen and oxygen atoms in total. The monoisotopic (exact) mass is 289 g/mol. The summed E-state index contributed by atoms with van der Waals surface area (Å²) < 4.78 is 43.2. The number of carbonyl (C=O) groups is 1. The largest absolute Gasteiger partial charge is 0.433 e. The Morgan fingerprint density at radius 3 is 2.50 bits per heavy atom. The number of aromatic nitrogens is 2. The molecule has 2 rings (SSSR count). The van der Waals surface area contributed by atoms with Crippen LogP contribution in [0.3, 0.4) is 0 Å². The molecule has 2 atom stereocenters. The Morgan fingerprint density at radius 1 is 1.35 bits per heavy atom. The van der Waals surface area contributed by atoms with E-state index >= 15 is 0 Å². The highest BCUT2D eigenvalue weighted by molar-refractivity contribution is 5.90. The molecular formula is C12H14F3N3O2. The van der Waals surface area contributed by atoms with Crippen LogP contribution in [-0.2, 0) is 10.9 Å². The predicted molar refractivity (Wildman–Crippen MR) is 62.9 cm³/mol. The lowest BCUT2D eigenvalue weighted by atomic mass is 10.2. The zero-order chi connectivity index (χ0) is 14.9. The molecule has 1 aromatic heterocycles. The van der Waals surface area contributed by atoms with E-state index < -0.39 is 23.6 Å². The lowest BCUT2D eigenvalue weighted by Gasteiger charge is -2.34. The first kappa shape index (κ1) is 14.7. The molecule has 2 heterocycles. The van der Waals surface area contributed by atoms with Crippen LogP contribution >= 0.6 is 0 Å². The summed E-state index contributed by atoms with van der Waals surface area (Å²) in [6.45, 7) is 4.21. The van der Waals surface area contributed by atoms with Crippen LogP contribution in [0.4, 0.5) is 13.2 Å². The molecule has 1 aromatic rings. The van der Waals surface area contributed by atoms with Gasteiger partial charge < -0.3 is 9.64 Å². The topological polar surface area (TPSA) is 55.3 Å². The highest BCUT2D eigenvalue weighted by Crippen LogP contribution is 2.27. The summed E-state index contributed by atoms with van der Waals surface area (Å²) in [5, 5.41) is 0. The van der Waals surface area contributed by atoms with Crippen molar-refractivity contribution >= 4 is 5.91 Å². The van der Waals surface area contributed by atoms with Crippen LogP contribution in [0.15, 0.2) is 12.3 Å². The Kier molecular flexibility index (Phi) is 3.94. The molecule has 0 saturated carbocycles. The molecule has 20 heavy (non-hydrogen) atoms. The fourth-order valence-electron chi connectivity index (χ4n) is 2.10. The van der Waals surface area contributed by atoms with E-state index in [4.69, 9.17) is 4.74 Å². The molecule has 1 aliphatic heterocycles. The number of morpholine rings is 1. The van der Waals surface area contributed by atoms with Gasteiger partial charge in [0.2, 0.25) is 5.82 Å². The van der Waals surface area contributed by atoms with E-state index in [-0.39, 0.29) is 12.2 Å². The van der Waals surface area contributed by atoms with Gasteiger partial charge in [-0.2, -0.15) is 13.2 Å². The number of amides is 1. The fourth-order valence-corrected chi connectivity index (χ4v) is 2.10. The normalized spacial score (nSPS) is 23.8. The zero-order valence-corrected chi connectivity index (χ0v) is 11.0. The average molecular weight is 289 g/mol. The van der Waals surface area contributed by atoms with Crippen molar-refractivity contribution in [2.45, 2.75) is 32.2 Å². The number of ether oxygens (including phenoxy) is 1. The minimum absolute atomic E-state index is 0.173. The molecular weight excluding hydrogens is 275 g/mol. The van der Waals surface area contributed by atoms with Crippen LogP contribution < -0.4 is 0 Å². The number of halogens is 3. The van der Waals surface area contributed by atoms with Crippen LogP contribution in [0, 0.1) is 0 Å². The smallest absolute Gasteiger partial charge is 0.372 e. The predicted octanol–water partition coefficient (Wildman–Crippen LogP) is 1.74. The lowest BCUT2D eigenvalue weighted by molar-refractivity contribution is -0.141. The second-order valence-corrected chi connectivity index (χ2v) is 4.73. The van der Waals surface area contributed by atoms with Gasteiger partial charge in [0.1, 0.15) is 5.69 Å². The van der Waals surface area contributed by atoms with Crippen LogP contribution in [0.25, 0.3) is 0 Å². The van der Waals surface area contributed by atoms with E-state index in [1.165, 1.54) is 4.90 Å². The molecule has 0 aromatic carbocycles. The van der Waals surface area contributed by atoms with Crippen molar-refractivity contribution in [2.24, 2.45) is 0 Å². The van der Waals surface area contributed by atoms with Crippen LogP contribution in [0.5, 0.6) is 0 Å². The third kappa shape index (κ3) is 3.24. The van der Waals surface area contributed by atoms with Crippen molar-refractivity contribution in [1.82, 2.24) is 14.9 Å². The maximum atomic E-state index is 12.6. The van der Waals surface area contributed by atoms with E-state index in [1.54, 1.807) is 13.8 Å². The molecule has 0 N–H and O–H groups in total. The van der Waals surface area contributed by atoms with Gasteiger partial charge in [-0.1, -0.05) is 0 Å². The van der Waals surface area contributed by atoms with E-state index in [9.17, 15) is 18.0 Å². The molecule has 2 unspecified atom stereocenters. The Labute approximate surface area is 113 Å². The summed E-state index contributed by atoms with van der Waals surface area (Å²) in [4.78, 5) is 20.5. The van der Waals surface area contributed by atoms with E-state index in [0.717, 1.165) is 12.3 Å². The van der Waals surface area contributed by atoms with E-state index in [2.05, 4.69) is 9.97 Å². The molecule has 1 saturated heterocycles. The van der Waals surface area contributed by atoms with Gasteiger partial charge in [0.15, 0.2) is 0 Å². The van der Waals surface area contributed by atoms with Gasteiger partial charge in [0, 0.05) is 19.3 Å². The summed E-state index contributed by atoms with van der Waals surface area (Å²) in [6.07, 6.45) is -4.00. The molecule has 1 amide bonds. The Bertz CT molecular complexity index is 497. The SMILES string of the molecule is CC1CN(C(=O)c2nccc(C(F)(F)F)n2)CC(C)O1. The first-order valence-corrected chi connectivity index (χ1v) is 6.12. The molecule has 8 heteroatoms. The van der Waals surface area contributed by atoms with Crippen molar-refractivity contribution in [3.8, 4) is 0 Å². The number of carbonyl (C=O) groups excluding carboxylic acids is 1. The van der Waals surface area contributed by atoms with Gasteiger partial charge in [-0.25, -0.2) is 9.97 Å². The molecule has 0 spiro atoms. The molecule has 0 bridgehead atoms. The second-order valence-electron chi connectivity index (χ2n) is 4.73. The van der Waals surface area contributed by atoms with Crippen LogP contribution in [0.1, 0.15) is 30.2 Å². The van der Waals surface area contributed by atoms with Crippen molar-refractivity contribution in [1.29, 1.82) is 0 Å².